The summed E-state index contributed by atoms with van der Waals surface area (Å²) in [4.78, 5) is 12.0. The van der Waals surface area contributed by atoms with Gasteiger partial charge in [0, 0.05) is 17.3 Å². The van der Waals surface area contributed by atoms with E-state index >= 15 is 0 Å². The Hall–Kier alpha value is -1.55. The van der Waals surface area contributed by atoms with Crippen LogP contribution in [-0.4, -0.2) is 18.1 Å². The lowest BCUT2D eigenvalue weighted by Crippen LogP contribution is -2.45. The molecule has 0 aliphatic heterocycles. The number of rotatable bonds is 7. The van der Waals surface area contributed by atoms with Gasteiger partial charge in [0.15, 0.2) is 0 Å². The minimum atomic E-state index is -0.197. The molecule has 1 aromatic carbocycles. The van der Waals surface area contributed by atoms with Crippen LogP contribution in [0, 0.1) is 0 Å². The molecule has 0 fully saturated rings. The highest BCUT2D eigenvalue weighted by Crippen LogP contribution is 2.17. The van der Waals surface area contributed by atoms with Crippen LogP contribution >= 0.6 is 0 Å². The SMILES string of the molecule is CCCNC(C)c1cccc(NC(=O)NC(C)(C)CC)c1. The Morgan fingerprint density at radius 3 is 2.62 bits per heavy atom. The minimum absolute atomic E-state index is 0.159. The molecule has 0 bridgehead atoms. The number of urea groups is 1. The number of anilines is 1. The summed E-state index contributed by atoms with van der Waals surface area (Å²) in [6.07, 6.45) is 2.00. The number of amides is 2. The average Bonchev–Trinajstić information content (AvgIpc) is 2.44. The van der Waals surface area contributed by atoms with Crippen LogP contribution in [0.5, 0.6) is 0 Å². The van der Waals surface area contributed by atoms with Gasteiger partial charge in [-0.25, -0.2) is 4.79 Å². The van der Waals surface area contributed by atoms with E-state index in [4.69, 9.17) is 0 Å². The molecule has 3 N–H and O–H groups in total. The molecule has 0 aromatic heterocycles. The predicted molar refractivity (Wildman–Crippen MR) is 89.7 cm³/mol. The molecule has 0 radical (unpaired) electrons. The second kappa shape index (κ2) is 8.03. The second-order valence-corrected chi connectivity index (χ2v) is 6.12. The van der Waals surface area contributed by atoms with Crippen LogP contribution in [0.25, 0.3) is 0 Å². The summed E-state index contributed by atoms with van der Waals surface area (Å²) < 4.78 is 0. The van der Waals surface area contributed by atoms with Gasteiger partial charge < -0.3 is 16.0 Å². The Kier molecular flexibility index (Phi) is 6.69. The van der Waals surface area contributed by atoms with E-state index in [9.17, 15) is 4.79 Å². The summed E-state index contributed by atoms with van der Waals surface area (Å²) >= 11 is 0. The van der Waals surface area contributed by atoms with Crippen molar-refractivity contribution >= 4 is 11.7 Å². The van der Waals surface area contributed by atoms with E-state index in [-0.39, 0.29) is 17.6 Å². The Balaban J connectivity index is 2.66. The summed E-state index contributed by atoms with van der Waals surface area (Å²) in [6, 6.07) is 8.10. The molecule has 1 aromatic rings. The summed E-state index contributed by atoms with van der Waals surface area (Å²) in [5.74, 6) is 0. The minimum Gasteiger partial charge on any atom is -0.333 e. The largest absolute Gasteiger partial charge is 0.333 e. The van der Waals surface area contributed by atoms with Crippen molar-refractivity contribution in [2.75, 3.05) is 11.9 Å². The summed E-state index contributed by atoms with van der Waals surface area (Å²) in [7, 11) is 0. The molecule has 4 heteroatoms. The molecular weight excluding hydrogens is 262 g/mol. The van der Waals surface area contributed by atoms with Gasteiger partial charge in [0.25, 0.3) is 0 Å². The standard InChI is InChI=1S/C17H29N3O/c1-6-11-18-13(3)14-9-8-10-15(12-14)19-16(21)20-17(4,5)7-2/h8-10,12-13,18H,6-7,11H2,1-5H3,(H2,19,20,21). The topological polar surface area (TPSA) is 53.2 Å². The van der Waals surface area contributed by atoms with Gasteiger partial charge in [0.1, 0.15) is 0 Å². The van der Waals surface area contributed by atoms with Crippen molar-refractivity contribution in [2.24, 2.45) is 0 Å². The lowest BCUT2D eigenvalue weighted by Gasteiger charge is -2.24. The molecule has 0 saturated heterocycles. The van der Waals surface area contributed by atoms with E-state index in [1.54, 1.807) is 0 Å². The third kappa shape index (κ3) is 6.17. The molecule has 0 aliphatic rings. The Bertz CT molecular complexity index is 457. The summed E-state index contributed by atoms with van der Waals surface area (Å²) in [6.45, 7) is 11.4. The fraction of sp³-hybridized carbons (Fsp3) is 0.588. The zero-order chi connectivity index (χ0) is 15.9. The van der Waals surface area contributed by atoms with E-state index in [0.717, 1.165) is 25.1 Å². The monoisotopic (exact) mass is 291 g/mol. The van der Waals surface area contributed by atoms with E-state index in [1.807, 2.05) is 32.0 Å². The van der Waals surface area contributed by atoms with Crippen molar-refractivity contribution < 1.29 is 4.79 Å². The lowest BCUT2D eigenvalue weighted by molar-refractivity contribution is 0.240. The van der Waals surface area contributed by atoms with Gasteiger partial charge in [0.2, 0.25) is 0 Å². The zero-order valence-corrected chi connectivity index (χ0v) is 13.9. The van der Waals surface area contributed by atoms with Crippen molar-refractivity contribution in [2.45, 2.75) is 59.0 Å². The maximum atomic E-state index is 12.0. The summed E-state index contributed by atoms with van der Waals surface area (Å²) in [5, 5.41) is 9.33. The van der Waals surface area contributed by atoms with Gasteiger partial charge in [-0.05, 0) is 57.9 Å². The van der Waals surface area contributed by atoms with Crippen LogP contribution in [0.4, 0.5) is 10.5 Å². The highest BCUT2D eigenvalue weighted by Gasteiger charge is 2.17. The third-order valence-electron chi connectivity index (χ3n) is 3.68. The molecule has 0 aliphatic carbocycles. The number of hydrogen-bond donors (Lipinski definition) is 3. The first-order valence-corrected chi connectivity index (χ1v) is 7.80. The normalized spacial score (nSPS) is 12.8. The van der Waals surface area contributed by atoms with Gasteiger partial charge >= 0.3 is 6.03 Å². The molecule has 2 amide bonds. The number of benzene rings is 1. The van der Waals surface area contributed by atoms with Crippen LogP contribution in [-0.2, 0) is 0 Å². The van der Waals surface area contributed by atoms with Crippen molar-refractivity contribution in [1.82, 2.24) is 10.6 Å². The van der Waals surface area contributed by atoms with Gasteiger partial charge in [-0.2, -0.15) is 0 Å². The highest BCUT2D eigenvalue weighted by molar-refractivity contribution is 5.89. The first-order chi connectivity index (χ1) is 9.88. The van der Waals surface area contributed by atoms with E-state index < -0.39 is 0 Å². The van der Waals surface area contributed by atoms with E-state index in [0.29, 0.717) is 0 Å². The molecule has 0 heterocycles. The molecule has 1 unspecified atom stereocenters. The summed E-state index contributed by atoms with van der Waals surface area (Å²) in [5.41, 5.74) is 1.80. The van der Waals surface area contributed by atoms with Gasteiger partial charge in [0.05, 0.1) is 0 Å². The fourth-order valence-corrected chi connectivity index (χ4v) is 1.92. The molecule has 1 atom stereocenters. The second-order valence-electron chi connectivity index (χ2n) is 6.12. The predicted octanol–water partition coefficient (Wildman–Crippen LogP) is 4.06. The number of hydrogen-bond acceptors (Lipinski definition) is 2. The Morgan fingerprint density at radius 2 is 2.00 bits per heavy atom. The van der Waals surface area contributed by atoms with Gasteiger partial charge in [-0.15, -0.1) is 0 Å². The quantitative estimate of drug-likeness (QED) is 0.709. The van der Waals surface area contributed by atoms with Crippen LogP contribution in [0.15, 0.2) is 24.3 Å². The average molecular weight is 291 g/mol. The Morgan fingerprint density at radius 1 is 1.29 bits per heavy atom. The third-order valence-corrected chi connectivity index (χ3v) is 3.68. The fourth-order valence-electron chi connectivity index (χ4n) is 1.92. The molecule has 0 spiro atoms. The number of carbonyl (C=O) groups excluding carboxylic acids is 1. The molecule has 0 saturated carbocycles. The van der Waals surface area contributed by atoms with E-state index in [2.05, 4.69) is 42.8 Å². The number of nitrogens with one attached hydrogen (secondary N) is 3. The van der Waals surface area contributed by atoms with Gasteiger partial charge in [-0.1, -0.05) is 26.0 Å². The van der Waals surface area contributed by atoms with Crippen molar-refractivity contribution in [3.63, 3.8) is 0 Å². The maximum Gasteiger partial charge on any atom is 0.319 e. The van der Waals surface area contributed by atoms with Crippen molar-refractivity contribution in [3.05, 3.63) is 29.8 Å². The molecular formula is C17H29N3O. The smallest absolute Gasteiger partial charge is 0.319 e. The van der Waals surface area contributed by atoms with Gasteiger partial charge in [-0.3, -0.25) is 0 Å². The highest BCUT2D eigenvalue weighted by atomic mass is 16.2. The lowest BCUT2D eigenvalue weighted by atomic mass is 10.0. The molecule has 21 heavy (non-hydrogen) atoms. The molecule has 118 valence electrons. The number of carbonyl (C=O) groups is 1. The first kappa shape index (κ1) is 17.5. The zero-order valence-electron chi connectivity index (χ0n) is 13.9. The first-order valence-electron chi connectivity index (χ1n) is 7.80. The van der Waals surface area contributed by atoms with Crippen LogP contribution in [0.2, 0.25) is 0 Å². The van der Waals surface area contributed by atoms with E-state index in [1.165, 1.54) is 5.56 Å². The van der Waals surface area contributed by atoms with Crippen LogP contribution in [0.1, 0.15) is 59.1 Å². The van der Waals surface area contributed by atoms with Crippen LogP contribution in [0.3, 0.4) is 0 Å². The van der Waals surface area contributed by atoms with Crippen molar-refractivity contribution in [1.29, 1.82) is 0 Å². The Labute approximate surface area is 128 Å². The maximum absolute atomic E-state index is 12.0. The van der Waals surface area contributed by atoms with Crippen LogP contribution < -0.4 is 16.0 Å². The molecule has 4 nitrogen and oxygen atoms in total. The van der Waals surface area contributed by atoms with Crippen molar-refractivity contribution in [3.8, 4) is 0 Å². The molecule has 1 rings (SSSR count).